The number of hydrogen-bond acceptors (Lipinski definition) is 6. The van der Waals surface area contributed by atoms with Crippen LogP contribution >= 0.6 is 0 Å². The minimum absolute atomic E-state index is 0.0598. The van der Waals surface area contributed by atoms with Crippen LogP contribution in [0.5, 0.6) is 5.75 Å². The maximum absolute atomic E-state index is 13.6. The number of aldehydes is 1. The normalized spacial score (nSPS) is 17.3. The van der Waals surface area contributed by atoms with Gasteiger partial charge in [-0.05, 0) is 44.2 Å². The molecular formula is C37H50N2O5. The molecule has 2 aromatic rings. The van der Waals surface area contributed by atoms with Gasteiger partial charge in [0, 0.05) is 6.20 Å². The van der Waals surface area contributed by atoms with E-state index < -0.39 is 11.4 Å². The Labute approximate surface area is 262 Å². The molecule has 3 heterocycles. The average molecular weight is 603 g/mol. The minimum atomic E-state index is -0.625. The van der Waals surface area contributed by atoms with Crippen LogP contribution in [-0.4, -0.2) is 40.6 Å². The number of nitrogens with zero attached hydrogens (tertiary/aromatic N) is 2. The molecule has 0 radical (unpaired) electrons. The van der Waals surface area contributed by atoms with E-state index in [-0.39, 0.29) is 23.6 Å². The van der Waals surface area contributed by atoms with Gasteiger partial charge in [0.1, 0.15) is 11.9 Å². The number of aromatic nitrogens is 1. The first-order chi connectivity index (χ1) is 21.3. The summed E-state index contributed by atoms with van der Waals surface area (Å²) in [7, 11) is 0. The monoisotopic (exact) mass is 602 g/mol. The molecule has 0 aliphatic carbocycles. The van der Waals surface area contributed by atoms with E-state index in [1.807, 2.05) is 24.0 Å². The number of esters is 1. The Hall–Kier alpha value is -3.45. The third-order valence-corrected chi connectivity index (χ3v) is 8.96. The van der Waals surface area contributed by atoms with Gasteiger partial charge in [-0.25, -0.2) is 4.79 Å². The van der Waals surface area contributed by atoms with Gasteiger partial charge in [-0.3, -0.25) is 9.59 Å². The summed E-state index contributed by atoms with van der Waals surface area (Å²) in [5.41, 5.74) is 2.68. The summed E-state index contributed by atoms with van der Waals surface area (Å²) in [4.78, 5) is 40.6. The summed E-state index contributed by atoms with van der Waals surface area (Å²) >= 11 is 0. The third-order valence-electron chi connectivity index (χ3n) is 8.96. The van der Waals surface area contributed by atoms with E-state index in [0.717, 1.165) is 24.8 Å². The zero-order valence-electron chi connectivity index (χ0n) is 26.8. The fraction of sp³-hybridized carbons (Fsp3) is 0.541. The number of aryl methyl sites for hydroxylation is 1. The summed E-state index contributed by atoms with van der Waals surface area (Å²) < 4.78 is 13.5. The number of carbonyl (C=O) groups excluding carboxylic acids is 2. The van der Waals surface area contributed by atoms with Gasteiger partial charge in [-0.15, -0.1) is 0 Å². The highest BCUT2D eigenvalue weighted by Gasteiger charge is 2.40. The van der Waals surface area contributed by atoms with Crippen LogP contribution in [0.25, 0.3) is 5.70 Å². The topological polar surface area (TPSA) is 77.8 Å². The zero-order chi connectivity index (χ0) is 31.5. The van der Waals surface area contributed by atoms with Crippen molar-refractivity contribution in [1.29, 1.82) is 0 Å². The number of benzene rings is 1. The Balaban J connectivity index is 1.32. The molecule has 2 atom stereocenters. The molecule has 238 valence electrons. The molecule has 0 saturated carbocycles. The van der Waals surface area contributed by atoms with Crippen LogP contribution in [-0.2, 0) is 17.7 Å². The van der Waals surface area contributed by atoms with Crippen LogP contribution in [0.1, 0.15) is 129 Å². The molecule has 2 unspecified atom stereocenters. The van der Waals surface area contributed by atoms with Gasteiger partial charge in [-0.1, -0.05) is 108 Å². The molecule has 7 nitrogen and oxygen atoms in total. The van der Waals surface area contributed by atoms with E-state index in [0.29, 0.717) is 42.8 Å². The SMILES string of the molecule is C=C(CCCCCCCCCCCCC)CCc1ccccc1C(=O)Oc1c2n(cc(C=O)c1=O)CC1OCC(C)N1C2=C. The van der Waals surface area contributed by atoms with Gasteiger partial charge >= 0.3 is 5.97 Å². The second-order valence-corrected chi connectivity index (χ2v) is 12.4. The first-order valence-electron chi connectivity index (χ1n) is 16.6. The highest BCUT2D eigenvalue weighted by Crippen LogP contribution is 2.37. The lowest BCUT2D eigenvalue weighted by molar-refractivity contribution is 0.0366. The minimum Gasteiger partial charge on any atom is -0.416 e. The fourth-order valence-corrected chi connectivity index (χ4v) is 6.41. The maximum atomic E-state index is 13.6. The number of hydrogen-bond donors (Lipinski definition) is 0. The summed E-state index contributed by atoms with van der Waals surface area (Å²) in [6.45, 7) is 13.7. The van der Waals surface area contributed by atoms with Crippen molar-refractivity contribution in [2.75, 3.05) is 6.61 Å². The number of unbranched alkanes of at least 4 members (excludes halogenated alkanes) is 10. The molecule has 1 fully saturated rings. The van der Waals surface area contributed by atoms with Gasteiger partial charge in [0.15, 0.2) is 6.29 Å². The number of rotatable bonds is 18. The molecule has 44 heavy (non-hydrogen) atoms. The fourth-order valence-electron chi connectivity index (χ4n) is 6.41. The molecule has 0 bridgehead atoms. The van der Waals surface area contributed by atoms with Crippen molar-refractivity contribution >= 4 is 18.0 Å². The van der Waals surface area contributed by atoms with Crippen molar-refractivity contribution in [3.8, 4) is 5.75 Å². The lowest BCUT2D eigenvalue weighted by Crippen LogP contribution is -2.42. The van der Waals surface area contributed by atoms with Gasteiger partial charge in [0.2, 0.25) is 11.2 Å². The Bertz CT molecular complexity index is 1380. The van der Waals surface area contributed by atoms with E-state index in [4.69, 9.17) is 9.47 Å². The molecule has 1 aromatic heterocycles. The highest BCUT2D eigenvalue weighted by molar-refractivity contribution is 5.93. The molecule has 1 aromatic carbocycles. The van der Waals surface area contributed by atoms with Crippen molar-refractivity contribution in [1.82, 2.24) is 9.47 Å². The first kappa shape index (κ1) is 33.4. The third kappa shape index (κ3) is 8.38. The number of pyridine rings is 1. The summed E-state index contributed by atoms with van der Waals surface area (Å²) in [6.07, 6.45) is 18.6. The van der Waals surface area contributed by atoms with E-state index in [1.165, 1.54) is 76.0 Å². The Morgan fingerprint density at radius 3 is 2.36 bits per heavy atom. The predicted octanol–water partition coefficient (Wildman–Crippen LogP) is 8.10. The highest BCUT2D eigenvalue weighted by atomic mass is 16.5. The summed E-state index contributed by atoms with van der Waals surface area (Å²) in [5, 5.41) is 0. The van der Waals surface area contributed by atoms with Gasteiger partial charge < -0.3 is 18.9 Å². The van der Waals surface area contributed by atoms with Crippen LogP contribution in [0.15, 0.2) is 54.0 Å². The molecule has 7 heteroatoms. The van der Waals surface area contributed by atoms with Gasteiger partial charge in [0.25, 0.3) is 0 Å². The predicted molar refractivity (Wildman–Crippen MR) is 176 cm³/mol. The lowest BCUT2D eigenvalue weighted by Gasteiger charge is -2.37. The van der Waals surface area contributed by atoms with E-state index in [2.05, 4.69) is 20.1 Å². The Morgan fingerprint density at radius 2 is 1.68 bits per heavy atom. The van der Waals surface area contributed by atoms with Crippen LogP contribution in [0.3, 0.4) is 0 Å². The van der Waals surface area contributed by atoms with Crippen LogP contribution < -0.4 is 10.2 Å². The summed E-state index contributed by atoms with van der Waals surface area (Å²) in [5.74, 6) is -0.793. The van der Waals surface area contributed by atoms with Crippen molar-refractivity contribution in [2.45, 2.75) is 123 Å². The van der Waals surface area contributed by atoms with Gasteiger partial charge in [0.05, 0.1) is 36.0 Å². The molecule has 2 aliphatic rings. The Morgan fingerprint density at radius 1 is 1.02 bits per heavy atom. The molecule has 2 aliphatic heterocycles. The van der Waals surface area contributed by atoms with Crippen LogP contribution in [0.4, 0.5) is 0 Å². The first-order valence-corrected chi connectivity index (χ1v) is 16.6. The Kier molecular flexibility index (Phi) is 12.6. The van der Waals surface area contributed by atoms with E-state index >= 15 is 0 Å². The zero-order valence-corrected chi connectivity index (χ0v) is 26.8. The average Bonchev–Trinajstić information content (AvgIpc) is 3.40. The van der Waals surface area contributed by atoms with Gasteiger partial charge in [-0.2, -0.15) is 0 Å². The van der Waals surface area contributed by atoms with E-state index in [1.54, 1.807) is 16.7 Å². The number of carbonyl (C=O) groups is 2. The number of allylic oxidation sites excluding steroid dienone is 1. The molecule has 1 saturated heterocycles. The lowest BCUT2D eigenvalue weighted by atomic mass is 9.97. The standard InChI is InChI=1S/C37H50N2O5/c1-5-6-7-8-9-10-11-12-13-14-15-18-27(2)21-22-30-19-16-17-20-32(30)37(42)44-36-34-29(4)39-28(3)26-43-33(39)24-38(34)23-31(25-40)35(36)41/h16-17,19-20,23,25,28,33H,2,4-15,18,21-22,24,26H2,1,3H3. The quantitative estimate of drug-likeness (QED) is 0.0743. The van der Waals surface area contributed by atoms with E-state index in [9.17, 15) is 14.4 Å². The number of fused-ring (bicyclic) bond motifs is 2. The van der Waals surface area contributed by atoms with Crippen molar-refractivity contribution in [2.24, 2.45) is 0 Å². The molecule has 0 N–H and O–H groups in total. The van der Waals surface area contributed by atoms with Crippen molar-refractivity contribution < 1.29 is 19.1 Å². The molecular weight excluding hydrogens is 552 g/mol. The smallest absolute Gasteiger partial charge is 0.344 e. The van der Waals surface area contributed by atoms with Crippen LogP contribution in [0, 0.1) is 0 Å². The largest absolute Gasteiger partial charge is 0.416 e. The number of ether oxygens (including phenoxy) is 2. The van der Waals surface area contributed by atoms with Crippen LogP contribution in [0.2, 0.25) is 0 Å². The molecule has 0 amide bonds. The second kappa shape index (κ2) is 16.6. The van der Waals surface area contributed by atoms with Crippen molar-refractivity contribution in [3.63, 3.8) is 0 Å². The molecule has 4 rings (SSSR count). The van der Waals surface area contributed by atoms with Crippen molar-refractivity contribution in [3.05, 3.63) is 81.8 Å². The maximum Gasteiger partial charge on any atom is 0.344 e. The summed E-state index contributed by atoms with van der Waals surface area (Å²) in [6, 6.07) is 7.39. The second-order valence-electron chi connectivity index (χ2n) is 12.4. The molecule has 0 spiro atoms.